The summed E-state index contributed by atoms with van der Waals surface area (Å²) in [5, 5.41) is 4.44. The lowest BCUT2D eigenvalue weighted by atomic mass is 10.3. The van der Waals surface area contributed by atoms with Crippen LogP contribution >= 0.6 is 11.3 Å². The lowest BCUT2D eigenvalue weighted by Gasteiger charge is -2.22. The van der Waals surface area contributed by atoms with Gasteiger partial charge in [-0.15, -0.1) is 11.3 Å². The third-order valence-corrected chi connectivity index (χ3v) is 3.33. The number of rotatable bonds is 8. The van der Waals surface area contributed by atoms with Crippen LogP contribution in [0, 0.1) is 0 Å². The van der Waals surface area contributed by atoms with Gasteiger partial charge in [-0.1, -0.05) is 6.07 Å². The lowest BCUT2D eigenvalue weighted by Crippen LogP contribution is -2.42. The molecule has 0 unspecified atom stereocenters. The third-order valence-electron chi connectivity index (χ3n) is 2.47. The minimum absolute atomic E-state index is 0.0366. The SMILES string of the molecule is COCCN(Cc1cccs1)C(=O)CNC(=O)CN. The van der Waals surface area contributed by atoms with Gasteiger partial charge in [0.1, 0.15) is 0 Å². The van der Waals surface area contributed by atoms with Crippen molar-refractivity contribution < 1.29 is 14.3 Å². The maximum atomic E-state index is 12.0. The van der Waals surface area contributed by atoms with Crippen molar-refractivity contribution in [2.45, 2.75) is 6.54 Å². The van der Waals surface area contributed by atoms with Crippen LogP contribution in [0.4, 0.5) is 0 Å². The molecule has 1 aromatic rings. The Morgan fingerprint density at radius 3 is 2.89 bits per heavy atom. The number of carbonyl (C=O) groups is 2. The minimum Gasteiger partial charge on any atom is -0.383 e. The molecule has 0 fully saturated rings. The molecule has 7 heteroatoms. The van der Waals surface area contributed by atoms with E-state index in [2.05, 4.69) is 5.32 Å². The highest BCUT2D eigenvalue weighted by atomic mass is 32.1. The lowest BCUT2D eigenvalue weighted by molar-refractivity contribution is -0.133. The van der Waals surface area contributed by atoms with Crippen molar-refractivity contribution in [3.63, 3.8) is 0 Å². The van der Waals surface area contributed by atoms with Crippen LogP contribution in [0.1, 0.15) is 4.88 Å². The van der Waals surface area contributed by atoms with Crippen LogP contribution in [0.25, 0.3) is 0 Å². The first kappa shape index (κ1) is 15.6. The summed E-state index contributed by atoms with van der Waals surface area (Å²) >= 11 is 1.59. The molecule has 0 spiro atoms. The van der Waals surface area contributed by atoms with Gasteiger partial charge in [0, 0.05) is 18.5 Å². The second-order valence-corrected chi connectivity index (χ2v) is 4.90. The fourth-order valence-electron chi connectivity index (χ4n) is 1.44. The highest BCUT2D eigenvalue weighted by Crippen LogP contribution is 2.11. The summed E-state index contributed by atoms with van der Waals surface area (Å²) in [6.45, 7) is 1.33. The quantitative estimate of drug-likeness (QED) is 0.692. The molecule has 106 valence electrons. The van der Waals surface area contributed by atoms with Gasteiger partial charge >= 0.3 is 0 Å². The van der Waals surface area contributed by atoms with E-state index in [9.17, 15) is 9.59 Å². The van der Waals surface area contributed by atoms with Crippen molar-refractivity contribution in [2.75, 3.05) is 33.4 Å². The summed E-state index contributed by atoms with van der Waals surface area (Å²) in [6, 6.07) is 3.91. The first-order chi connectivity index (χ1) is 9.17. The second-order valence-electron chi connectivity index (χ2n) is 3.87. The van der Waals surface area contributed by atoms with E-state index in [1.807, 2.05) is 17.5 Å². The molecule has 0 aliphatic rings. The number of nitrogens with zero attached hydrogens (tertiary/aromatic N) is 1. The maximum Gasteiger partial charge on any atom is 0.242 e. The van der Waals surface area contributed by atoms with Gasteiger partial charge in [-0.05, 0) is 11.4 Å². The molecule has 2 amide bonds. The molecule has 0 saturated heterocycles. The van der Waals surface area contributed by atoms with Crippen LogP contribution in [0.15, 0.2) is 17.5 Å². The molecule has 1 aromatic heterocycles. The van der Waals surface area contributed by atoms with Gasteiger partial charge < -0.3 is 20.7 Å². The van der Waals surface area contributed by atoms with Crippen molar-refractivity contribution in [3.05, 3.63) is 22.4 Å². The van der Waals surface area contributed by atoms with Crippen molar-refractivity contribution in [3.8, 4) is 0 Å². The molecule has 0 aliphatic carbocycles. The summed E-state index contributed by atoms with van der Waals surface area (Å²) in [4.78, 5) is 25.8. The number of ether oxygens (including phenoxy) is 1. The van der Waals surface area contributed by atoms with Crippen LogP contribution in [-0.2, 0) is 20.9 Å². The Bertz CT molecular complexity index is 395. The largest absolute Gasteiger partial charge is 0.383 e. The maximum absolute atomic E-state index is 12.0. The van der Waals surface area contributed by atoms with Gasteiger partial charge in [0.05, 0.1) is 26.2 Å². The molecule has 1 rings (SSSR count). The zero-order valence-electron chi connectivity index (χ0n) is 10.9. The van der Waals surface area contributed by atoms with E-state index in [0.29, 0.717) is 19.7 Å². The van der Waals surface area contributed by atoms with Crippen LogP contribution in [0.3, 0.4) is 0 Å². The number of hydrogen-bond donors (Lipinski definition) is 2. The Balaban J connectivity index is 2.51. The summed E-state index contributed by atoms with van der Waals surface area (Å²) in [6.07, 6.45) is 0. The van der Waals surface area contributed by atoms with E-state index >= 15 is 0 Å². The monoisotopic (exact) mass is 285 g/mol. The zero-order valence-corrected chi connectivity index (χ0v) is 11.7. The van der Waals surface area contributed by atoms with Crippen LogP contribution in [0.5, 0.6) is 0 Å². The molecule has 19 heavy (non-hydrogen) atoms. The van der Waals surface area contributed by atoms with Crippen molar-refractivity contribution in [1.29, 1.82) is 0 Å². The Kier molecular flexibility index (Phi) is 7.09. The zero-order chi connectivity index (χ0) is 14.1. The number of nitrogens with one attached hydrogen (secondary N) is 1. The van der Waals surface area contributed by atoms with E-state index in [-0.39, 0.29) is 24.9 Å². The van der Waals surface area contributed by atoms with Gasteiger partial charge in [-0.2, -0.15) is 0 Å². The van der Waals surface area contributed by atoms with E-state index in [4.69, 9.17) is 10.5 Å². The average molecular weight is 285 g/mol. The fourth-order valence-corrected chi connectivity index (χ4v) is 2.16. The van der Waals surface area contributed by atoms with E-state index in [1.54, 1.807) is 23.3 Å². The molecular formula is C12H19N3O3S. The van der Waals surface area contributed by atoms with E-state index in [0.717, 1.165) is 4.88 Å². The van der Waals surface area contributed by atoms with E-state index < -0.39 is 0 Å². The molecule has 0 aliphatic heterocycles. The number of methoxy groups -OCH3 is 1. The second kappa shape index (κ2) is 8.63. The van der Waals surface area contributed by atoms with Crippen molar-refractivity contribution in [2.24, 2.45) is 5.73 Å². The first-order valence-corrected chi connectivity index (χ1v) is 6.81. The number of hydrogen-bond acceptors (Lipinski definition) is 5. The number of amides is 2. The van der Waals surface area contributed by atoms with Crippen LogP contribution in [0.2, 0.25) is 0 Å². The molecule has 3 N–H and O–H groups in total. The third kappa shape index (κ3) is 5.82. The molecule has 0 radical (unpaired) electrons. The number of thiophene rings is 1. The first-order valence-electron chi connectivity index (χ1n) is 5.93. The molecule has 0 saturated carbocycles. The molecule has 0 aromatic carbocycles. The summed E-state index contributed by atoms with van der Waals surface area (Å²) < 4.78 is 4.99. The Hall–Kier alpha value is -1.44. The Labute approximate surface area is 116 Å². The summed E-state index contributed by atoms with van der Waals surface area (Å²) in [7, 11) is 1.59. The minimum atomic E-state index is -0.337. The normalized spacial score (nSPS) is 10.2. The number of carbonyl (C=O) groups excluding carboxylic acids is 2. The summed E-state index contributed by atoms with van der Waals surface area (Å²) in [5.74, 6) is -0.483. The molecule has 1 heterocycles. The van der Waals surface area contributed by atoms with Crippen molar-refractivity contribution in [1.82, 2.24) is 10.2 Å². The predicted octanol–water partition coefficient (Wildman–Crippen LogP) is -0.202. The van der Waals surface area contributed by atoms with Gasteiger partial charge in [-0.3, -0.25) is 9.59 Å². The fraction of sp³-hybridized carbons (Fsp3) is 0.500. The topological polar surface area (TPSA) is 84.7 Å². The average Bonchev–Trinajstić information content (AvgIpc) is 2.93. The van der Waals surface area contributed by atoms with Crippen LogP contribution in [-0.4, -0.2) is 50.1 Å². The molecular weight excluding hydrogens is 266 g/mol. The standard InChI is InChI=1S/C12H19N3O3S/c1-18-5-4-15(9-10-3-2-6-19-10)12(17)8-14-11(16)7-13/h2-3,6H,4-5,7-9,13H2,1H3,(H,14,16). The van der Waals surface area contributed by atoms with Gasteiger partial charge in [0.15, 0.2) is 0 Å². The Morgan fingerprint density at radius 2 is 2.32 bits per heavy atom. The highest BCUT2D eigenvalue weighted by Gasteiger charge is 2.14. The molecule has 6 nitrogen and oxygen atoms in total. The predicted molar refractivity (Wildman–Crippen MR) is 73.7 cm³/mol. The summed E-state index contributed by atoms with van der Waals surface area (Å²) in [5.41, 5.74) is 5.17. The highest BCUT2D eigenvalue weighted by molar-refractivity contribution is 7.09. The van der Waals surface area contributed by atoms with Gasteiger partial charge in [0.2, 0.25) is 11.8 Å². The van der Waals surface area contributed by atoms with Crippen molar-refractivity contribution >= 4 is 23.2 Å². The van der Waals surface area contributed by atoms with Gasteiger partial charge in [-0.25, -0.2) is 0 Å². The van der Waals surface area contributed by atoms with E-state index in [1.165, 1.54) is 0 Å². The van der Waals surface area contributed by atoms with Gasteiger partial charge in [0.25, 0.3) is 0 Å². The smallest absolute Gasteiger partial charge is 0.242 e. The van der Waals surface area contributed by atoms with Crippen LogP contribution < -0.4 is 11.1 Å². The Morgan fingerprint density at radius 1 is 1.53 bits per heavy atom. The molecule has 0 atom stereocenters. The number of nitrogens with two attached hydrogens (primary N) is 1. The molecule has 0 bridgehead atoms.